The van der Waals surface area contributed by atoms with Crippen molar-refractivity contribution in [1.82, 2.24) is 5.32 Å². The summed E-state index contributed by atoms with van der Waals surface area (Å²) in [6.07, 6.45) is -1.24. The van der Waals surface area contributed by atoms with Crippen LogP contribution in [0.4, 0.5) is 13.2 Å². The molecule has 0 radical (unpaired) electrons. The maximum Gasteiger partial charge on any atom is 0.389 e. The summed E-state index contributed by atoms with van der Waals surface area (Å²) in [6.45, 7) is 5.00. The zero-order chi connectivity index (χ0) is 10.2. The summed E-state index contributed by atoms with van der Waals surface area (Å²) in [5, 5.41) is 3.03. The van der Waals surface area contributed by atoms with Gasteiger partial charge in [-0.05, 0) is 32.4 Å². The molecule has 0 rings (SSSR count). The topological polar surface area (TPSA) is 12.0 Å². The summed E-state index contributed by atoms with van der Waals surface area (Å²) in [7, 11) is 0. The lowest BCUT2D eigenvalue weighted by Gasteiger charge is -2.05. The van der Waals surface area contributed by atoms with Gasteiger partial charge in [-0.25, -0.2) is 0 Å². The van der Waals surface area contributed by atoms with Crippen molar-refractivity contribution in [3.05, 3.63) is 12.7 Å². The minimum Gasteiger partial charge on any atom is -0.316 e. The van der Waals surface area contributed by atoms with Crippen LogP contribution in [-0.4, -0.2) is 19.3 Å². The summed E-state index contributed by atoms with van der Waals surface area (Å²) >= 11 is 0. The number of alkyl halides is 3. The lowest BCUT2D eigenvalue weighted by Crippen LogP contribution is -2.17. The third kappa shape index (κ3) is 11.5. The van der Waals surface area contributed by atoms with Gasteiger partial charge in [0.15, 0.2) is 0 Å². The highest BCUT2D eigenvalue weighted by atomic mass is 19.4. The Balaban J connectivity index is 3.04. The van der Waals surface area contributed by atoms with E-state index in [-0.39, 0.29) is 6.42 Å². The van der Waals surface area contributed by atoms with Crippen molar-refractivity contribution in [2.24, 2.45) is 0 Å². The van der Waals surface area contributed by atoms with Crippen LogP contribution in [0, 0.1) is 0 Å². The van der Waals surface area contributed by atoms with E-state index in [2.05, 4.69) is 11.9 Å². The molecule has 1 N–H and O–H groups in total. The molecule has 0 aliphatic heterocycles. The quantitative estimate of drug-likeness (QED) is 0.486. The molecule has 0 aromatic carbocycles. The largest absolute Gasteiger partial charge is 0.389 e. The molecule has 0 aliphatic carbocycles. The van der Waals surface area contributed by atoms with Gasteiger partial charge in [0, 0.05) is 6.42 Å². The van der Waals surface area contributed by atoms with E-state index in [1.807, 2.05) is 0 Å². The first-order chi connectivity index (χ1) is 6.06. The molecule has 0 heterocycles. The number of rotatable bonds is 7. The SMILES string of the molecule is C=CCCNCCCCC(F)(F)F. The first-order valence-electron chi connectivity index (χ1n) is 4.44. The molecule has 0 saturated carbocycles. The molecular weight excluding hydrogens is 179 g/mol. The average Bonchev–Trinajstić information content (AvgIpc) is 2.01. The first kappa shape index (κ1) is 12.5. The van der Waals surface area contributed by atoms with E-state index >= 15 is 0 Å². The number of hydrogen-bond acceptors (Lipinski definition) is 1. The number of unbranched alkanes of at least 4 members (excludes halogenated alkanes) is 1. The molecule has 0 atom stereocenters. The highest BCUT2D eigenvalue weighted by molar-refractivity contribution is 4.67. The Bertz CT molecular complexity index is 131. The van der Waals surface area contributed by atoms with Crippen LogP contribution in [-0.2, 0) is 0 Å². The Morgan fingerprint density at radius 1 is 1.15 bits per heavy atom. The summed E-state index contributed by atoms with van der Waals surface area (Å²) < 4.78 is 35.0. The van der Waals surface area contributed by atoms with E-state index in [0.29, 0.717) is 13.0 Å². The fraction of sp³-hybridized carbons (Fsp3) is 0.778. The van der Waals surface area contributed by atoms with Crippen LogP contribution in [0.5, 0.6) is 0 Å². The van der Waals surface area contributed by atoms with Crippen molar-refractivity contribution in [3.8, 4) is 0 Å². The highest BCUT2D eigenvalue weighted by Gasteiger charge is 2.25. The smallest absolute Gasteiger partial charge is 0.316 e. The molecule has 0 amide bonds. The van der Waals surface area contributed by atoms with E-state index in [1.54, 1.807) is 6.08 Å². The lowest BCUT2D eigenvalue weighted by atomic mass is 10.2. The average molecular weight is 195 g/mol. The van der Waals surface area contributed by atoms with Crippen LogP contribution in [0.3, 0.4) is 0 Å². The van der Waals surface area contributed by atoms with Crippen LogP contribution in [0.15, 0.2) is 12.7 Å². The Labute approximate surface area is 77.0 Å². The second-order valence-corrected chi connectivity index (χ2v) is 2.90. The van der Waals surface area contributed by atoms with Crippen molar-refractivity contribution in [2.75, 3.05) is 13.1 Å². The highest BCUT2D eigenvalue weighted by Crippen LogP contribution is 2.21. The molecule has 1 nitrogen and oxygen atoms in total. The molecule has 0 bridgehead atoms. The van der Waals surface area contributed by atoms with Gasteiger partial charge in [-0.2, -0.15) is 13.2 Å². The van der Waals surface area contributed by atoms with Crippen molar-refractivity contribution in [2.45, 2.75) is 31.9 Å². The molecule has 0 saturated heterocycles. The molecule has 0 aromatic heterocycles. The summed E-state index contributed by atoms with van der Waals surface area (Å²) in [5.41, 5.74) is 0. The number of nitrogens with one attached hydrogen (secondary N) is 1. The van der Waals surface area contributed by atoms with Crippen molar-refractivity contribution >= 4 is 0 Å². The number of halogens is 3. The van der Waals surface area contributed by atoms with E-state index in [0.717, 1.165) is 13.0 Å². The molecule has 78 valence electrons. The Hall–Kier alpha value is -0.510. The maximum absolute atomic E-state index is 11.7. The molecule has 0 spiro atoms. The third-order valence-corrected chi connectivity index (χ3v) is 1.59. The van der Waals surface area contributed by atoms with Gasteiger partial charge in [-0.15, -0.1) is 6.58 Å². The van der Waals surface area contributed by atoms with Gasteiger partial charge in [0.05, 0.1) is 0 Å². The predicted octanol–water partition coefficient (Wildman–Crippen LogP) is 2.88. The summed E-state index contributed by atoms with van der Waals surface area (Å²) in [6, 6.07) is 0. The Kier molecular flexibility index (Phi) is 6.68. The minimum atomic E-state index is -4.00. The maximum atomic E-state index is 11.7. The van der Waals surface area contributed by atoms with Gasteiger partial charge >= 0.3 is 6.18 Å². The predicted molar refractivity (Wildman–Crippen MR) is 47.6 cm³/mol. The van der Waals surface area contributed by atoms with E-state index in [4.69, 9.17) is 0 Å². The second kappa shape index (κ2) is 6.95. The van der Waals surface area contributed by atoms with Crippen molar-refractivity contribution in [1.29, 1.82) is 0 Å². The monoisotopic (exact) mass is 195 g/mol. The molecule has 13 heavy (non-hydrogen) atoms. The van der Waals surface area contributed by atoms with Crippen LogP contribution < -0.4 is 5.32 Å². The zero-order valence-electron chi connectivity index (χ0n) is 7.66. The zero-order valence-corrected chi connectivity index (χ0v) is 7.66. The van der Waals surface area contributed by atoms with Crippen molar-refractivity contribution in [3.63, 3.8) is 0 Å². The molecule has 0 aromatic rings. The second-order valence-electron chi connectivity index (χ2n) is 2.90. The first-order valence-corrected chi connectivity index (χ1v) is 4.44. The molecule has 0 aliphatic rings. The molecule has 0 unspecified atom stereocenters. The third-order valence-electron chi connectivity index (χ3n) is 1.59. The van der Waals surface area contributed by atoms with E-state index in [1.165, 1.54) is 0 Å². The van der Waals surface area contributed by atoms with Crippen LogP contribution in [0.2, 0.25) is 0 Å². The van der Waals surface area contributed by atoms with E-state index in [9.17, 15) is 13.2 Å². The molecule has 0 fully saturated rings. The van der Waals surface area contributed by atoms with Crippen LogP contribution in [0.25, 0.3) is 0 Å². The number of hydrogen-bond donors (Lipinski definition) is 1. The Morgan fingerprint density at radius 2 is 1.85 bits per heavy atom. The fourth-order valence-electron chi connectivity index (χ4n) is 0.905. The molecular formula is C9H16F3N. The Morgan fingerprint density at radius 3 is 2.38 bits per heavy atom. The van der Waals surface area contributed by atoms with E-state index < -0.39 is 12.6 Å². The normalized spacial score (nSPS) is 11.6. The van der Waals surface area contributed by atoms with Gasteiger partial charge in [-0.3, -0.25) is 0 Å². The van der Waals surface area contributed by atoms with Gasteiger partial charge < -0.3 is 5.32 Å². The van der Waals surface area contributed by atoms with Crippen LogP contribution >= 0.6 is 0 Å². The van der Waals surface area contributed by atoms with Crippen molar-refractivity contribution < 1.29 is 13.2 Å². The minimum absolute atomic E-state index is 0.213. The lowest BCUT2D eigenvalue weighted by molar-refractivity contribution is -0.135. The fourth-order valence-corrected chi connectivity index (χ4v) is 0.905. The van der Waals surface area contributed by atoms with Crippen LogP contribution in [0.1, 0.15) is 25.7 Å². The van der Waals surface area contributed by atoms with Gasteiger partial charge in [0.2, 0.25) is 0 Å². The standard InChI is InChI=1S/C9H16F3N/c1-2-3-7-13-8-5-4-6-9(10,11)12/h2,13H,1,3-8H2. The summed E-state index contributed by atoms with van der Waals surface area (Å²) in [5.74, 6) is 0. The van der Waals surface area contributed by atoms with Gasteiger partial charge in [0.25, 0.3) is 0 Å². The van der Waals surface area contributed by atoms with Gasteiger partial charge in [0.1, 0.15) is 0 Å². The summed E-state index contributed by atoms with van der Waals surface area (Å²) in [4.78, 5) is 0. The van der Waals surface area contributed by atoms with Gasteiger partial charge in [-0.1, -0.05) is 6.08 Å². The molecule has 4 heteroatoms.